The van der Waals surface area contributed by atoms with Gasteiger partial charge in [-0.05, 0) is 60.1 Å². The van der Waals surface area contributed by atoms with Crippen molar-refractivity contribution >= 4 is 23.1 Å². The molecule has 0 aliphatic rings. The lowest BCUT2D eigenvalue weighted by molar-refractivity contribution is 0.103. The highest BCUT2D eigenvalue weighted by Gasteiger charge is 2.18. The zero-order chi connectivity index (χ0) is 16.2. The molecule has 0 aliphatic heterocycles. The maximum absolute atomic E-state index is 12.9. The van der Waals surface area contributed by atoms with Crippen molar-refractivity contribution in [3.63, 3.8) is 0 Å². The van der Waals surface area contributed by atoms with Gasteiger partial charge in [0.1, 0.15) is 22.1 Å². The van der Waals surface area contributed by atoms with E-state index in [0.717, 1.165) is 17.1 Å². The molecule has 3 aromatic rings. The van der Waals surface area contributed by atoms with E-state index in [0.29, 0.717) is 22.0 Å². The maximum atomic E-state index is 12.9. The highest BCUT2D eigenvalue weighted by atomic mass is 32.1. The molecule has 2 aromatic carbocycles. The van der Waals surface area contributed by atoms with Gasteiger partial charge in [-0.25, -0.2) is 4.39 Å². The summed E-state index contributed by atoms with van der Waals surface area (Å²) in [6.45, 7) is 0. The van der Waals surface area contributed by atoms with Crippen molar-refractivity contribution in [1.82, 2.24) is 9.59 Å². The number of carbonyl (C=O) groups is 1. The Morgan fingerprint density at radius 1 is 1.13 bits per heavy atom. The standard InChI is InChI=1S/C16H12FN3O2S/c1-22-13-8-2-10(3-9-13)14-15(23-20-19-14)16(21)18-12-6-4-11(17)5-7-12/h2-9H,1H3,(H,18,21). The van der Waals surface area contributed by atoms with Crippen LogP contribution in [0.1, 0.15) is 9.67 Å². The SMILES string of the molecule is COc1ccc(-c2nnsc2C(=O)Nc2ccc(F)cc2)cc1. The summed E-state index contributed by atoms with van der Waals surface area (Å²) in [6, 6.07) is 12.8. The largest absolute Gasteiger partial charge is 0.497 e. The van der Waals surface area contributed by atoms with E-state index in [1.54, 1.807) is 19.2 Å². The summed E-state index contributed by atoms with van der Waals surface area (Å²) in [5, 5.41) is 6.73. The number of halogens is 1. The lowest BCUT2D eigenvalue weighted by atomic mass is 10.1. The first kappa shape index (κ1) is 15.1. The summed E-state index contributed by atoms with van der Waals surface area (Å²) >= 11 is 1.01. The zero-order valence-electron chi connectivity index (χ0n) is 12.1. The molecule has 0 saturated carbocycles. The van der Waals surface area contributed by atoms with E-state index in [1.807, 2.05) is 12.1 Å². The summed E-state index contributed by atoms with van der Waals surface area (Å²) < 4.78 is 21.9. The van der Waals surface area contributed by atoms with Crippen LogP contribution in [0.5, 0.6) is 5.75 Å². The molecule has 1 N–H and O–H groups in total. The maximum Gasteiger partial charge on any atom is 0.269 e. The van der Waals surface area contributed by atoms with Crippen molar-refractivity contribution in [2.75, 3.05) is 12.4 Å². The second-order valence-electron chi connectivity index (χ2n) is 4.64. The van der Waals surface area contributed by atoms with Gasteiger partial charge < -0.3 is 10.1 Å². The Bertz CT molecular complexity index is 816. The number of nitrogens with one attached hydrogen (secondary N) is 1. The first-order valence-electron chi connectivity index (χ1n) is 6.71. The predicted octanol–water partition coefficient (Wildman–Crippen LogP) is 3.61. The molecule has 0 atom stereocenters. The number of hydrogen-bond donors (Lipinski definition) is 1. The van der Waals surface area contributed by atoms with Gasteiger partial charge in [0.25, 0.3) is 5.91 Å². The molecular formula is C16H12FN3O2S. The second kappa shape index (κ2) is 6.53. The molecule has 0 saturated heterocycles. The fourth-order valence-electron chi connectivity index (χ4n) is 2.00. The van der Waals surface area contributed by atoms with Crippen molar-refractivity contribution < 1.29 is 13.9 Å². The fourth-order valence-corrected chi connectivity index (χ4v) is 2.58. The van der Waals surface area contributed by atoms with Crippen molar-refractivity contribution in [3.8, 4) is 17.0 Å². The highest BCUT2D eigenvalue weighted by Crippen LogP contribution is 2.26. The topological polar surface area (TPSA) is 64.1 Å². The number of benzene rings is 2. The number of amides is 1. The van der Waals surface area contributed by atoms with Gasteiger partial charge in [-0.2, -0.15) is 0 Å². The van der Waals surface area contributed by atoms with Gasteiger partial charge in [-0.3, -0.25) is 4.79 Å². The van der Waals surface area contributed by atoms with Gasteiger partial charge in [-0.15, -0.1) is 5.10 Å². The Morgan fingerprint density at radius 2 is 1.83 bits per heavy atom. The number of anilines is 1. The van der Waals surface area contributed by atoms with Gasteiger partial charge in [0, 0.05) is 11.3 Å². The number of rotatable bonds is 4. The normalized spacial score (nSPS) is 10.3. The summed E-state index contributed by atoms with van der Waals surface area (Å²) in [6.07, 6.45) is 0. The van der Waals surface area contributed by atoms with Crippen LogP contribution in [-0.2, 0) is 0 Å². The quantitative estimate of drug-likeness (QED) is 0.794. The second-order valence-corrected chi connectivity index (χ2v) is 5.39. The van der Waals surface area contributed by atoms with Crippen LogP contribution in [0, 0.1) is 5.82 Å². The van der Waals surface area contributed by atoms with Crippen molar-refractivity contribution in [3.05, 3.63) is 59.2 Å². The molecule has 23 heavy (non-hydrogen) atoms. The summed E-state index contributed by atoms with van der Waals surface area (Å²) in [4.78, 5) is 12.8. The Labute approximate surface area is 135 Å². The van der Waals surface area contributed by atoms with Crippen molar-refractivity contribution in [1.29, 1.82) is 0 Å². The molecular weight excluding hydrogens is 317 g/mol. The highest BCUT2D eigenvalue weighted by molar-refractivity contribution is 7.08. The minimum atomic E-state index is -0.360. The smallest absolute Gasteiger partial charge is 0.269 e. The van der Waals surface area contributed by atoms with Crippen LogP contribution in [0.15, 0.2) is 48.5 Å². The Morgan fingerprint density at radius 3 is 2.48 bits per heavy atom. The van der Waals surface area contributed by atoms with Crippen molar-refractivity contribution in [2.24, 2.45) is 0 Å². The summed E-state index contributed by atoms with van der Waals surface area (Å²) in [7, 11) is 1.58. The van der Waals surface area contributed by atoms with Crippen molar-refractivity contribution in [2.45, 2.75) is 0 Å². The van der Waals surface area contributed by atoms with Gasteiger partial charge in [0.2, 0.25) is 0 Å². The molecule has 1 amide bonds. The number of aromatic nitrogens is 2. The predicted molar refractivity (Wildman–Crippen MR) is 86.3 cm³/mol. The molecule has 0 unspecified atom stereocenters. The van der Waals surface area contributed by atoms with Gasteiger partial charge in [0.15, 0.2) is 0 Å². The van der Waals surface area contributed by atoms with Crippen LogP contribution < -0.4 is 10.1 Å². The summed E-state index contributed by atoms with van der Waals surface area (Å²) in [5.74, 6) is 0.0213. The van der Waals surface area contributed by atoms with Crippen LogP contribution in [-0.4, -0.2) is 22.6 Å². The monoisotopic (exact) mass is 329 g/mol. The van der Waals surface area contributed by atoms with Gasteiger partial charge in [-0.1, -0.05) is 4.49 Å². The van der Waals surface area contributed by atoms with Crippen LogP contribution >= 0.6 is 11.5 Å². The molecule has 0 fully saturated rings. The number of methoxy groups -OCH3 is 1. The average molecular weight is 329 g/mol. The molecule has 0 aliphatic carbocycles. The van der Waals surface area contributed by atoms with E-state index >= 15 is 0 Å². The number of ether oxygens (including phenoxy) is 1. The zero-order valence-corrected chi connectivity index (χ0v) is 12.9. The van der Waals surface area contributed by atoms with Crippen LogP contribution in [0.3, 0.4) is 0 Å². The van der Waals surface area contributed by atoms with E-state index < -0.39 is 0 Å². The molecule has 1 heterocycles. The van der Waals surface area contributed by atoms with Gasteiger partial charge in [0.05, 0.1) is 7.11 Å². The third-order valence-corrected chi connectivity index (χ3v) is 3.88. The molecule has 0 spiro atoms. The molecule has 116 valence electrons. The Kier molecular flexibility index (Phi) is 4.29. The summed E-state index contributed by atoms with van der Waals surface area (Å²) in [5.41, 5.74) is 1.77. The van der Waals surface area contributed by atoms with E-state index in [2.05, 4.69) is 14.9 Å². The molecule has 3 rings (SSSR count). The molecule has 1 aromatic heterocycles. The fraction of sp³-hybridized carbons (Fsp3) is 0.0625. The average Bonchev–Trinajstić information content (AvgIpc) is 3.07. The number of nitrogens with zero attached hydrogens (tertiary/aromatic N) is 2. The van der Waals surface area contributed by atoms with Crippen LogP contribution in [0.2, 0.25) is 0 Å². The van der Waals surface area contributed by atoms with E-state index in [4.69, 9.17) is 4.74 Å². The van der Waals surface area contributed by atoms with E-state index in [-0.39, 0.29) is 11.7 Å². The minimum Gasteiger partial charge on any atom is -0.497 e. The van der Waals surface area contributed by atoms with Crippen LogP contribution in [0.4, 0.5) is 10.1 Å². The molecule has 0 radical (unpaired) electrons. The van der Waals surface area contributed by atoms with E-state index in [9.17, 15) is 9.18 Å². The molecule has 0 bridgehead atoms. The van der Waals surface area contributed by atoms with Gasteiger partial charge >= 0.3 is 0 Å². The Balaban J connectivity index is 1.84. The number of hydrogen-bond acceptors (Lipinski definition) is 5. The lowest BCUT2D eigenvalue weighted by Gasteiger charge is -2.05. The molecule has 5 nitrogen and oxygen atoms in total. The van der Waals surface area contributed by atoms with E-state index in [1.165, 1.54) is 24.3 Å². The third kappa shape index (κ3) is 3.35. The molecule has 7 heteroatoms. The minimum absolute atomic E-state index is 0.336. The lowest BCUT2D eigenvalue weighted by Crippen LogP contribution is -2.11. The first-order chi connectivity index (χ1) is 11.2. The Hall–Kier alpha value is -2.80. The first-order valence-corrected chi connectivity index (χ1v) is 7.48. The third-order valence-electron chi connectivity index (χ3n) is 3.16. The number of carbonyl (C=O) groups excluding carboxylic acids is 1. The van der Waals surface area contributed by atoms with Crippen LogP contribution in [0.25, 0.3) is 11.3 Å².